The zero-order valence-electron chi connectivity index (χ0n) is 13.5. The zero-order chi connectivity index (χ0) is 15.0. The molecule has 0 unspecified atom stereocenters. The summed E-state index contributed by atoms with van der Waals surface area (Å²) in [6.45, 7) is 8.57. The number of nitrogens with zero attached hydrogens (tertiary/aromatic N) is 1. The lowest BCUT2D eigenvalue weighted by Gasteiger charge is -2.28. The van der Waals surface area contributed by atoms with E-state index in [1.165, 1.54) is 0 Å². The standard InChI is InChI=1S/C15H31N3O2/c1-15(2,12-18(3)4)11-17-14(19)7-10-20-13-5-8-16-9-6-13/h13,16H,5-12H2,1-4H3,(H,17,19). The minimum atomic E-state index is 0.0887. The predicted molar refractivity (Wildman–Crippen MR) is 81.8 cm³/mol. The number of hydrogen-bond donors (Lipinski definition) is 2. The van der Waals surface area contributed by atoms with Gasteiger partial charge in [0.2, 0.25) is 5.91 Å². The number of rotatable bonds is 8. The SMILES string of the molecule is CN(C)CC(C)(C)CNC(=O)CCOC1CCNCC1. The van der Waals surface area contributed by atoms with Crippen LogP contribution in [0.1, 0.15) is 33.1 Å². The fraction of sp³-hybridized carbons (Fsp3) is 0.933. The van der Waals surface area contributed by atoms with E-state index in [2.05, 4.69) is 43.5 Å². The summed E-state index contributed by atoms with van der Waals surface area (Å²) in [5.74, 6) is 0.0887. The number of carbonyl (C=O) groups is 1. The third-order valence-corrected chi connectivity index (χ3v) is 3.48. The average molecular weight is 285 g/mol. The molecule has 5 nitrogen and oxygen atoms in total. The highest BCUT2D eigenvalue weighted by Crippen LogP contribution is 2.14. The molecule has 1 amide bonds. The van der Waals surface area contributed by atoms with Crippen molar-refractivity contribution in [2.75, 3.05) is 46.9 Å². The summed E-state index contributed by atoms with van der Waals surface area (Å²) in [4.78, 5) is 13.9. The van der Waals surface area contributed by atoms with Crippen molar-refractivity contribution < 1.29 is 9.53 Å². The molecule has 0 aromatic carbocycles. The van der Waals surface area contributed by atoms with E-state index in [1.54, 1.807) is 0 Å². The van der Waals surface area contributed by atoms with Crippen LogP contribution in [0.3, 0.4) is 0 Å². The molecule has 1 rings (SSSR count). The van der Waals surface area contributed by atoms with Gasteiger partial charge in [0.25, 0.3) is 0 Å². The number of amides is 1. The summed E-state index contributed by atoms with van der Waals surface area (Å²) in [5, 5.41) is 6.31. The second-order valence-corrected chi connectivity index (χ2v) is 6.75. The Hall–Kier alpha value is -0.650. The lowest BCUT2D eigenvalue weighted by Crippen LogP contribution is -2.40. The van der Waals surface area contributed by atoms with Gasteiger partial charge >= 0.3 is 0 Å². The van der Waals surface area contributed by atoms with Crippen molar-refractivity contribution in [3.05, 3.63) is 0 Å². The van der Waals surface area contributed by atoms with Crippen LogP contribution in [0.15, 0.2) is 0 Å². The first-order chi connectivity index (χ1) is 9.39. The van der Waals surface area contributed by atoms with Gasteiger partial charge in [-0.1, -0.05) is 13.8 Å². The van der Waals surface area contributed by atoms with Crippen LogP contribution in [0.25, 0.3) is 0 Å². The zero-order valence-corrected chi connectivity index (χ0v) is 13.5. The van der Waals surface area contributed by atoms with Gasteiger partial charge in [-0.3, -0.25) is 4.79 Å². The number of carbonyl (C=O) groups excluding carboxylic acids is 1. The first kappa shape index (κ1) is 17.4. The smallest absolute Gasteiger partial charge is 0.222 e. The van der Waals surface area contributed by atoms with Gasteiger partial charge < -0.3 is 20.3 Å². The van der Waals surface area contributed by atoms with Crippen LogP contribution in [0.2, 0.25) is 0 Å². The molecule has 1 saturated heterocycles. The topological polar surface area (TPSA) is 53.6 Å². The largest absolute Gasteiger partial charge is 0.378 e. The Kier molecular flexibility index (Phi) is 7.48. The van der Waals surface area contributed by atoms with Crippen molar-refractivity contribution in [1.82, 2.24) is 15.5 Å². The molecule has 20 heavy (non-hydrogen) atoms. The van der Waals surface area contributed by atoms with Gasteiger partial charge in [-0.05, 0) is 45.4 Å². The van der Waals surface area contributed by atoms with Crippen molar-refractivity contribution in [3.63, 3.8) is 0 Å². The molecule has 0 saturated carbocycles. The quantitative estimate of drug-likeness (QED) is 0.694. The molecule has 0 aliphatic carbocycles. The lowest BCUT2D eigenvalue weighted by atomic mass is 9.93. The monoisotopic (exact) mass is 285 g/mol. The van der Waals surface area contributed by atoms with Crippen molar-refractivity contribution in [3.8, 4) is 0 Å². The van der Waals surface area contributed by atoms with Crippen LogP contribution >= 0.6 is 0 Å². The van der Waals surface area contributed by atoms with Crippen LogP contribution < -0.4 is 10.6 Å². The van der Waals surface area contributed by atoms with Gasteiger partial charge in [-0.25, -0.2) is 0 Å². The van der Waals surface area contributed by atoms with Crippen LogP contribution in [0.4, 0.5) is 0 Å². The molecule has 5 heteroatoms. The molecule has 1 heterocycles. The summed E-state index contributed by atoms with van der Waals surface area (Å²) < 4.78 is 5.74. The molecule has 1 aliphatic rings. The molecule has 118 valence electrons. The molecule has 0 radical (unpaired) electrons. The Labute approximate surface area is 123 Å². The van der Waals surface area contributed by atoms with E-state index in [0.29, 0.717) is 25.7 Å². The molecule has 0 aromatic heterocycles. The third-order valence-electron chi connectivity index (χ3n) is 3.48. The van der Waals surface area contributed by atoms with Crippen LogP contribution in [0, 0.1) is 5.41 Å². The Morgan fingerprint density at radius 3 is 2.60 bits per heavy atom. The second kappa shape index (κ2) is 8.60. The first-order valence-corrected chi connectivity index (χ1v) is 7.63. The van der Waals surface area contributed by atoms with Crippen molar-refractivity contribution in [2.45, 2.75) is 39.2 Å². The van der Waals surface area contributed by atoms with Gasteiger partial charge in [-0.2, -0.15) is 0 Å². The lowest BCUT2D eigenvalue weighted by molar-refractivity contribution is -0.123. The highest BCUT2D eigenvalue weighted by Gasteiger charge is 2.20. The molecule has 1 fully saturated rings. The molecule has 0 atom stereocenters. The average Bonchev–Trinajstić information content (AvgIpc) is 2.36. The maximum absolute atomic E-state index is 11.8. The van der Waals surface area contributed by atoms with Crippen LogP contribution in [0.5, 0.6) is 0 Å². The number of piperidine rings is 1. The molecular weight excluding hydrogens is 254 g/mol. The fourth-order valence-electron chi connectivity index (χ4n) is 2.62. The minimum absolute atomic E-state index is 0.0887. The summed E-state index contributed by atoms with van der Waals surface area (Å²) in [6, 6.07) is 0. The highest BCUT2D eigenvalue weighted by molar-refractivity contribution is 5.75. The molecule has 0 aromatic rings. The van der Waals surface area contributed by atoms with Crippen molar-refractivity contribution >= 4 is 5.91 Å². The van der Waals surface area contributed by atoms with E-state index < -0.39 is 0 Å². The van der Waals surface area contributed by atoms with Crippen LogP contribution in [-0.2, 0) is 9.53 Å². The summed E-state index contributed by atoms with van der Waals surface area (Å²) >= 11 is 0. The second-order valence-electron chi connectivity index (χ2n) is 6.75. The van der Waals surface area contributed by atoms with E-state index in [0.717, 1.165) is 32.5 Å². The van der Waals surface area contributed by atoms with Gasteiger partial charge in [-0.15, -0.1) is 0 Å². The van der Waals surface area contributed by atoms with Gasteiger partial charge in [0.05, 0.1) is 12.7 Å². The van der Waals surface area contributed by atoms with Gasteiger partial charge in [0.1, 0.15) is 0 Å². The van der Waals surface area contributed by atoms with Crippen molar-refractivity contribution in [1.29, 1.82) is 0 Å². The third kappa shape index (κ3) is 7.82. The summed E-state index contributed by atoms with van der Waals surface area (Å²) in [7, 11) is 4.10. The highest BCUT2D eigenvalue weighted by atomic mass is 16.5. The summed E-state index contributed by atoms with van der Waals surface area (Å²) in [6.07, 6.45) is 2.89. The molecule has 2 N–H and O–H groups in total. The van der Waals surface area contributed by atoms with Crippen LogP contribution in [-0.4, -0.2) is 63.8 Å². The molecule has 1 aliphatic heterocycles. The molecular formula is C15H31N3O2. The predicted octanol–water partition coefficient (Wildman–Crippen LogP) is 0.849. The Bertz CT molecular complexity index is 287. The Morgan fingerprint density at radius 1 is 1.35 bits per heavy atom. The van der Waals surface area contributed by atoms with Gasteiger partial charge in [0, 0.05) is 19.5 Å². The maximum atomic E-state index is 11.8. The number of nitrogens with one attached hydrogen (secondary N) is 2. The fourth-order valence-corrected chi connectivity index (χ4v) is 2.62. The summed E-state index contributed by atoms with van der Waals surface area (Å²) in [5.41, 5.74) is 0.0923. The minimum Gasteiger partial charge on any atom is -0.378 e. The Morgan fingerprint density at radius 2 is 2.00 bits per heavy atom. The van der Waals surface area contributed by atoms with Crippen molar-refractivity contribution in [2.24, 2.45) is 5.41 Å². The van der Waals surface area contributed by atoms with Gasteiger partial charge in [0.15, 0.2) is 0 Å². The maximum Gasteiger partial charge on any atom is 0.222 e. The number of ether oxygens (including phenoxy) is 1. The normalized spacial score (nSPS) is 17.4. The molecule has 0 spiro atoms. The van der Waals surface area contributed by atoms with E-state index in [-0.39, 0.29) is 11.3 Å². The first-order valence-electron chi connectivity index (χ1n) is 7.63. The number of hydrogen-bond acceptors (Lipinski definition) is 4. The Balaban J connectivity index is 2.10. The van der Waals surface area contributed by atoms with E-state index in [4.69, 9.17) is 4.74 Å². The molecule has 0 bridgehead atoms. The van der Waals surface area contributed by atoms with E-state index >= 15 is 0 Å². The van der Waals surface area contributed by atoms with E-state index in [9.17, 15) is 4.79 Å². The van der Waals surface area contributed by atoms with E-state index in [1.807, 2.05) is 0 Å².